The van der Waals surface area contributed by atoms with E-state index in [1.165, 1.54) is 6.07 Å². The van der Waals surface area contributed by atoms with Crippen LogP contribution in [0, 0.1) is 0 Å². The summed E-state index contributed by atoms with van der Waals surface area (Å²) in [4.78, 5) is 25.5. The summed E-state index contributed by atoms with van der Waals surface area (Å²) < 4.78 is 28.8. The van der Waals surface area contributed by atoms with Gasteiger partial charge in [0, 0.05) is 30.6 Å². The number of unbranched alkanes of at least 4 members (excludes halogenated alkanes) is 1. The van der Waals surface area contributed by atoms with E-state index >= 15 is 0 Å². The van der Waals surface area contributed by atoms with Crippen LogP contribution < -0.4 is 14.9 Å². The lowest BCUT2D eigenvalue weighted by Crippen LogP contribution is -2.46. The molecule has 0 bridgehead atoms. The van der Waals surface area contributed by atoms with E-state index in [4.69, 9.17) is 28.9 Å². The minimum Gasteiger partial charge on any atom is -0.480 e. The normalized spacial score (nSPS) is 12.5. The predicted molar refractivity (Wildman–Crippen MR) is 132 cm³/mol. The number of benzene rings is 2. The average Bonchev–Trinajstić information content (AvgIpc) is 2.76. The van der Waals surface area contributed by atoms with Gasteiger partial charge >= 0.3 is 5.97 Å². The summed E-state index contributed by atoms with van der Waals surface area (Å²) in [6.45, 7) is 0.332. The van der Waals surface area contributed by atoms with Crippen LogP contribution in [0.1, 0.15) is 19.3 Å². The molecule has 0 spiro atoms. The molecule has 0 saturated carbocycles. The van der Waals surface area contributed by atoms with E-state index in [1.807, 2.05) is 25.1 Å². The first-order chi connectivity index (χ1) is 16.1. The maximum Gasteiger partial charge on any atom is 0.327 e. The van der Waals surface area contributed by atoms with Gasteiger partial charge in [-0.2, -0.15) is 15.0 Å². The molecule has 3 rings (SSSR count). The van der Waals surface area contributed by atoms with Crippen molar-refractivity contribution in [1.82, 2.24) is 15.0 Å². The van der Waals surface area contributed by atoms with Crippen molar-refractivity contribution in [3.8, 4) is 0 Å². The van der Waals surface area contributed by atoms with E-state index in [-0.39, 0.29) is 21.9 Å². The summed E-state index contributed by atoms with van der Waals surface area (Å²) >= 11 is 11.8. The van der Waals surface area contributed by atoms with Crippen LogP contribution in [0.2, 0.25) is 10.6 Å². The van der Waals surface area contributed by atoms with Gasteiger partial charge in [-0.05, 0) is 61.1 Å². The van der Waals surface area contributed by atoms with Crippen molar-refractivity contribution in [2.75, 3.05) is 29.8 Å². The van der Waals surface area contributed by atoms with Crippen molar-refractivity contribution in [1.29, 1.82) is 0 Å². The van der Waals surface area contributed by atoms with Crippen molar-refractivity contribution in [2.45, 2.75) is 30.2 Å². The monoisotopic (exact) mass is 526 g/mol. The first-order valence-corrected chi connectivity index (χ1v) is 12.5. The Morgan fingerprint density at radius 3 is 2.24 bits per heavy atom. The second-order valence-corrected chi connectivity index (χ2v) is 10.1. The molecule has 3 N–H and O–H groups in total. The van der Waals surface area contributed by atoms with E-state index in [0.717, 1.165) is 5.69 Å². The average molecular weight is 527 g/mol. The van der Waals surface area contributed by atoms with E-state index in [9.17, 15) is 18.3 Å². The molecule has 0 unspecified atom stereocenters. The molecule has 0 saturated heterocycles. The number of hydrogen-bond donors (Lipinski definition) is 2. The maximum atomic E-state index is 14.1. The lowest BCUT2D eigenvalue weighted by Gasteiger charge is -2.29. The molecule has 0 aliphatic rings. The number of hydrogen-bond acceptors (Lipinski definition) is 8. The highest BCUT2D eigenvalue weighted by molar-refractivity contribution is 7.93. The molecule has 2 aromatic carbocycles. The molecule has 0 fully saturated rings. The van der Waals surface area contributed by atoms with Gasteiger partial charge in [-0.25, -0.2) is 17.5 Å². The Bertz CT molecular complexity index is 1290. The molecule has 1 atom stereocenters. The zero-order valence-corrected chi connectivity index (χ0v) is 20.8. The fraction of sp³-hybridized carbons (Fsp3) is 0.333. The third-order valence-corrected chi connectivity index (χ3v) is 7.33. The van der Waals surface area contributed by atoms with Crippen LogP contribution in [0.3, 0.4) is 0 Å². The molecule has 34 heavy (non-hydrogen) atoms. The molecule has 1 heterocycles. The number of aliphatic carboxylic acids is 1. The third-order valence-electron chi connectivity index (χ3n) is 5.14. The minimum absolute atomic E-state index is 0.0274. The van der Waals surface area contributed by atoms with Crippen molar-refractivity contribution >= 4 is 61.6 Å². The lowest BCUT2D eigenvalue weighted by atomic mass is 10.1. The Balaban J connectivity index is 2.29. The highest BCUT2D eigenvalue weighted by Crippen LogP contribution is 2.34. The zero-order chi connectivity index (χ0) is 25.0. The van der Waals surface area contributed by atoms with Gasteiger partial charge in [-0.3, -0.25) is 0 Å². The van der Waals surface area contributed by atoms with Gasteiger partial charge in [0.25, 0.3) is 10.0 Å². The van der Waals surface area contributed by atoms with Crippen molar-refractivity contribution in [3.05, 3.63) is 47.0 Å². The highest BCUT2D eigenvalue weighted by atomic mass is 35.5. The number of sulfonamides is 1. The number of nitrogens with two attached hydrogens (primary N) is 1. The summed E-state index contributed by atoms with van der Waals surface area (Å²) in [6.07, 6.45) is 0.851. The Kier molecular flexibility index (Phi) is 8.13. The van der Waals surface area contributed by atoms with E-state index in [1.54, 1.807) is 24.3 Å². The Morgan fingerprint density at radius 1 is 1.03 bits per heavy atom. The van der Waals surface area contributed by atoms with Gasteiger partial charge in [0.15, 0.2) is 0 Å². The molecular formula is C21H24Cl2N6O4S. The molecule has 0 radical (unpaired) electrons. The third kappa shape index (κ3) is 5.33. The predicted octanol–water partition coefficient (Wildman–Crippen LogP) is 3.18. The fourth-order valence-electron chi connectivity index (χ4n) is 3.64. The van der Waals surface area contributed by atoms with Gasteiger partial charge in [0.05, 0.1) is 4.90 Å². The van der Waals surface area contributed by atoms with E-state index in [0.29, 0.717) is 34.5 Å². The molecular weight excluding hydrogens is 503 g/mol. The largest absolute Gasteiger partial charge is 0.480 e. The summed E-state index contributed by atoms with van der Waals surface area (Å²) in [6, 6.07) is 8.51. The fourth-order valence-corrected chi connectivity index (χ4v) is 5.74. The van der Waals surface area contributed by atoms with Crippen LogP contribution in [0.25, 0.3) is 10.8 Å². The summed E-state index contributed by atoms with van der Waals surface area (Å²) in [5.74, 6) is -1.85. The van der Waals surface area contributed by atoms with Crippen molar-refractivity contribution < 1.29 is 18.3 Å². The van der Waals surface area contributed by atoms with E-state index < -0.39 is 28.0 Å². The standard InChI is InChI=1S/C21H24Cl2N6O4S/c1-28(2)15-10-5-8-14-13(15)7-6-11-17(14)34(32,33)29(16(18(30)31)9-3-4-12-24)21-26-19(22)25-20(23)27-21/h5-8,10-11,16H,3-4,9,12,24H2,1-2H3,(H,30,31)/t16-/m0/s1. The Labute approximate surface area is 207 Å². The highest BCUT2D eigenvalue weighted by Gasteiger charge is 2.39. The lowest BCUT2D eigenvalue weighted by molar-refractivity contribution is -0.138. The van der Waals surface area contributed by atoms with E-state index in [2.05, 4.69) is 15.0 Å². The topological polar surface area (TPSA) is 143 Å². The van der Waals surface area contributed by atoms with Gasteiger partial charge in [-0.1, -0.05) is 24.3 Å². The Hall–Kier alpha value is -2.73. The molecule has 182 valence electrons. The summed E-state index contributed by atoms with van der Waals surface area (Å²) in [5.41, 5.74) is 6.34. The van der Waals surface area contributed by atoms with Crippen LogP contribution >= 0.6 is 23.2 Å². The molecule has 0 amide bonds. The van der Waals surface area contributed by atoms with Gasteiger partial charge < -0.3 is 15.7 Å². The molecule has 1 aromatic heterocycles. The second-order valence-electron chi connectivity index (χ2n) is 7.64. The quantitative estimate of drug-likeness (QED) is 0.380. The van der Waals surface area contributed by atoms with Gasteiger partial charge in [0.2, 0.25) is 16.5 Å². The molecule has 10 nitrogen and oxygen atoms in total. The first kappa shape index (κ1) is 25.9. The number of halogens is 2. The maximum absolute atomic E-state index is 14.1. The Morgan fingerprint density at radius 2 is 1.65 bits per heavy atom. The first-order valence-electron chi connectivity index (χ1n) is 10.3. The summed E-state index contributed by atoms with van der Waals surface area (Å²) in [7, 11) is -0.821. The van der Waals surface area contributed by atoms with Gasteiger partial charge in [-0.15, -0.1) is 0 Å². The number of nitrogens with zero attached hydrogens (tertiary/aromatic N) is 5. The smallest absolute Gasteiger partial charge is 0.327 e. The number of rotatable bonds is 10. The summed E-state index contributed by atoms with van der Waals surface area (Å²) in [5, 5.41) is 10.4. The minimum atomic E-state index is -4.51. The van der Waals surface area contributed by atoms with Crippen molar-refractivity contribution in [3.63, 3.8) is 0 Å². The van der Waals surface area contributed by atoms with Crippen molar-refractivity contribution in [2.24, 2.45) is 5.73 Å². The number of carboxylic acids is 1. The zero-order valence-electron chi connectivity index (χ0n) is 18.5. The number of carboxylic acid groups (broad SMARTS) is 1. The number of aromatic nitrogens is 3. The van der Waals surface area contributed by atoms with Gasteiger partial charge in [0.1, 0.15) is 6.04 Å². The SMILES string of the molecule is CN(C)c1cccc2c(S(=O)(=O)N(c3nc(Cl)nc(Cl)n3)[C@@H](CCCCN)C(=O)O)cccc12. The molecule has 0 aliphatic heterocycles. The van der Waals surface area contributed by atoms with Crippen LogP contribution in [0.15, 0.2) is 41.3 Å². The number of fused-ring (bicyclic) bond motifs is 1. The second kappa shape index (κ2) is 10.7. The number of anilines is 2. The van der Waals surface area contributed by atoms with Crippen LogP contribution in [0.4, 0.5) is 11.6 Å². The van der Waals surface area contributed by atoms with Crippen LogP contribution in [0.5, 0.6) is 0 Å². The molecule has 3 aromatic rings. The van der Waals surface area contributed by atoms with Crippen LogP contribution in [-0.2, 0) is 14.8 Å². The molecule has 0 aliphatic carbocycles. The number of carbonyl (C=O) groups is 1. The van der Waals surface area contributed by atoms with Crippen LogP contribution in [-0.4, -0.2) is 61.1 Å². The molecule has 13 heteroatoms.